The lowest BCUT2D eigenvalue weighted by atomic mass is 10.3. The predicted molar refractivity (Wildman–Crippen MR) is 68.0 cm³/mol. The third-order valence-electron chi connectivity index (χ3n) is 2.40. The standard InChI is InChI=1S/C10H11ClN4O2S/c1-7-3-5-12-10(11)9(7)14-18(16,17)8-4-6-13-15(8)2/h3-6,14H,1-2H3. The molecule has 0 aromatic carbocycles. The lowest BCUT2D eigenvalue weighted by Gasteiger charge is -2.11. The molecule has 0 radical (unpaired) electrons. The average molecular weight is 287 g/mol. The largest absolute Gasteiger partial charge is 0.279 e. The zero-order valence-electron chi connectivity index (χ0n) is 9.75. The van der Waals surface area contributed by atoms with E-state index in [1.165, 1.54) is 23.1 Å². The second kappa shape index (κ2) is 4.58. The number of rotatable bonds is 3. The Morgan fingerprint density at radius 2 is 2.06 bits per heavy atom. The van der Waals surface area contributed by atoms with Crippen LogP contribution in [0.3, 0.4) is 0 Å². The van der Waals surface area contributed by atoms with Gasteiger partial charge in [0.1, 0.15) is 0 Å². The van der Waals surface area contributed by atoms with Crippen LogP contribution in [0.1, 0.15) is 5.56 Å². The van der Waals surface area contributed by atoms with E-state index in [9.17, 15) is 8.42 Å². The summed E-state index contributed by atoms with van der Waals surface area (Å²) in [7, 11) is -2.17. The highest BCUT2D eigenvalue weighted by atomic mass is 35.5. The lowest BCUT2D eigenvalue weighted by molar-refractivity contribution is 0.582. The summed E-state index contributed by atoms with van der Waals surface area (Å²) in [5.41, 5.74) is 0.973. The summed E-state index contributed by atoms with van der Waals surface area (Å²) in [6, 6.07) is 3.08. The second-order valence-corrected chi connectivity index (χ2v) is 5.68. The third kappa shape index (κ3) is 2.32. The van der Waals surface area contributed by atoms with Crippen LogP contribution in [-0.4, -0.2) is 23.2 Å². The molecule has 2 heterocycles. The molecule has 1 N–H and O–H groups in total. The molecule has 0 saturated heterocycles. The van der Waals surface area contributed by atoms with Crippen molar-refractivity contribution in [3.63, 3.8) is 0 Å². The zero-order valence-corrected chi connectivity index (χ0v) is 11.3. The number of sulfonamides is 1. The van der Waals surface area contributed by atoms with Crippen LogP contribution in [-0.2, 0) is 17.1 Å². The molecule has 6 nitrogen and oxygen atoms in total. The van der Waals surface area contributed by atoms with Crippen LogP contribution in [0.15, 0.2) is 29.6 Å². The first-order valence-corrected chi connectivity index (χ1v) is 6.90. The molecule has 0 spiro atoms. The fourth-order valence-electron chi connectivity index (χ4n) is 1.46. The maximum absolute atomic E-state index is 12.1. The number of anilines is 1. The van der Waals surface area contributed by atoms with Crippen molar-refractivity contribution in [1.29, 1.82) is 0 Å². The molecule has 0 amide bonds. The Labute approximate surface area is 110 Å². The molecular formula is C10H11ClN4O2S. The van der Waals surface area contributed by atoms with Gasteiger partial charge in [0.25, 0.3) is 10.0 Å². The van der Waals surface area contributed by atoms with Gasteiger partial charge in [-0.15, -0.1) is 0 Å². The molecule has 18 heavy (non-hydrogen) atoms. The highest BCUT2D eigenvalue weighted by molar-refractivity contribution is 7.92. The summed E-state index contributed by atoms with van der Waals surface area (Å²) < 4.78 is 27.9. The minimum atomic E-state index is -3.72. The van der Waals surface area contributed by atoms with Crippen LogP contribution >= 0.6 is 11.6 Å². The molecule has 0 saturated carbocycles. The van der Waals surface area contributed by atoms with E-state index in [2.05, 4.69) is 14.8 Å². The minimum Gasteiger partial charge on any atom is -0.275 e. The number of hydrogen-bond donors (Lipinski definition) is 1. The van der Waals surface area contributed by atoms with Gasteiger partial charge in [-0.25, -0.2) is 4.98 Å². The van der Waals surface area contributed by atoms with Crippen molar-refractivity contribution in [1.82, 2.24) is 14.8 Å². The van der Waals surface area contributed by atoms with Gasteiger partial charge in [-0.1, -0.05) is 11.6 Å². The number of aromatic nitrogens is 3. The van der Waals surface area contributed by atoms with Crippen molar-refractivity contribution in [2.24, 2.45) is 7.05 Å². The topological polar surface area (TPSA) is 76.9 Å². The van der Waals surface area contributed by atoms with Crippen molar-refractivity contribution >= 4 is 27.3 Å². The van der Waals surface area contributed by atoms with E-state index in [4.69, 9.17) is 11.6 Å². The van der Waals surface area contributed by atoms with Crippen LogP contribution in [0, 0.1) is 6.92 Å². The van der Waals surface area contributed by atoms with Crippen molar-refractivity contribution in [2.45, 2.75) is 11.9 Å². The fourth-order valence-corrected chi connectivity index (χ4v) is 3.03. The normalized spacial score (nSPS) is 11.5. The number of nitrogens with zero attached hydrogens (tertiary/aromatic N) is 3. The first kappa shape index (κ1) is 12.8. The monoisotopic (exact) mass is 286 g/mol. The van der Waals surface area contributed by atoms with Gasteiger partial charge in [0.05, 0.1) is 11.9 Å². The number of aryl methyl sites for hydroxylation is 2. The quantitative estimate of drug-likeness (QED) is 0.869. The molecule has 0 aliphatic carbocycles. The Bertz CT molecular complexity index is 661. The van der Waals surface area contributed by atoms with E-state index in [0.717, 1.165) is 0 Å². The van der Waals surface area contributed by atoms with Crippen molar-refractivity contribution in [3.8, 4) is 0 Å². The minimum absolute atomic E-state index is 0.0572. The molecule has 0 aliphatic heterocycles. The zero-order chi connectivity index (χ0) is 13.3. The Hall–Kier alpha value is -1.60. The van der Waals surface area contributed by atoms with E-state index in [1.54, 1.807) is 20.0 Å². The Morgan fingerprint density at radius 1 is 1.33 bits per heavy atom. The van der Waals surface area contributed by atoms with E-state index in [-0.39, 0.29) is 15.9 Å². The molecule has 96 valence electrons. The smallest absolute Gasteiger partial charge is 0.275 e. The van der Waals surface area contributed by atoms with Gasteiger partial charge in [0, 0.05) is 13.2 Å². The van der Waals surface area contributed by atoms with Gasteiger partial charge in [0.15, 0.2) is 10.2 Å². The van der Waals surface area contributed by atoms with Gasteiger partial charge in [0.2, 0.25) is 0 Å². The first-order valence-electron chi connectivity index (χ1n) is 5.04. The summed E-state index contributed by atoms with van der Waals surface area (Å²) in [5.74, 6) is 0. The molecular weight excluding hydrogens is 276 g/mol. The molecule has 2 aromatic rings. The molecule has 0 aliphatic rings. The Balaban J connectivity index is 2.44. The van der Waals surface area contributed by atoms with Crippen LogP contribution in [0.25, 0.3) is 0 Å². The second-order valence-electron chi connectivity index (χ2n) is 3.69. The maximum Gasteiger partial charge on any atom is 0.279 e. The van der Waals surface area contributed by atoms with Crippen molar-refractivity contribution < 1.29 is 8.42 Å². The van der Waals surface area contributed by atoms with Gasteiger partial charge in [-0.05, 0) is 24.6 Å². The van der Waals surface area contributed by atoms with Crippen molar-refractivity contribution in [2.75, 3.05) is 4.72 Å². The average Bonchev–Trinajstić information content (AvgIpc) is 2.71. The maximum atomic E-state index is 12.1. The van der Waals surface area contributed by atoms with Crippen LogP contribution in [0.4, 0.5) is 5.69 Å². The summed E-state index contributed by atoms with van der Waals surface area (Å²) in [5, 5.41) is 3.99. The van der Waals surface area contributed by atoms with Crippen molar-refractivity contribution in [3.05, 3.63) is 35.2 Å². The van der Waals surface area contributed by atoms with E-state index in [0.29, 0.717) is 5.56 Å². The molecule has 8 heteroatoms. The SMILES string of the molecule is Cc1ccnc(Cl)c1NS(=O)(=O)c1ccnn1C. The van der Waals surface area contributed by atoms with Gasteiger partial charge >= 0.3 is 0 Å². The van der Waals surface area contributed by atoms with Gasteiger partial charge < -0.3 is 0 Å². The highest BCUT2D eigenvalue weighted by Gasteiger charge is 2.20. The fraction of sp³-hybridized carbons (Fsp3) is 0.200. The number of pyridine rings is 1. The van der Waals surface area contributed by atoms with Gasteiger partial charge in [-0.3, -0.25) is 9.40 Å². The summed E-state index contributed by atoms with van der Waals surface area (Å²) >= 11 is 5.88. The molecule has 0 fully saturated rings. The molecule has 2 aromatic heterocycles. The number of hydrogen-bond acceptors (Lipinski definition) is 4. The van der Waals surface area contributed by atoms with E-state index < -0.39 is 10.0 Å². The molecule has 2 rings (SSSR count). The third-order valence-corrected chi connectivity index (χ3v) is 4.11. The number of nitrogens with one attached hydrogen (secondary N) is 1. The molecule has 0 unspecified atom stereocenters. The Kier molecular flexibility index (Phi) is 3.27. The van der Waals surface area contributed by atoms with Crippen LogP contribution < -0.4 is 4.72 Å². The van der Waals surface area contributed by atoms with E-state index in [1.807, 2.05) is 0 Å². The van der Waals surface area contributed by atoms with E-state index >= 15 is 0 Å². The molecule has 0 atom stereocenters. The number of halogens is 1. The first-order chi connectivity index (χ1) is 8.42. The van der Waals surface area contributed by atoms with Crippen LogP contribution in [0.2, 0.25) is 5.15 Å². The lowest BCUT2D eigenvalue weighted by Crippen LogP contribution is -2.17. The summed E-state index contributed by atoms with van der Waals surface area (Å²) in [6.45, 7) is 1.74. The van der Waals surface area contributed by atoms with Crippen LogP contribution in [0.5, 0.6) is 0 Å². The summed E-state index contributed by atoms with van der Waals surface area (Å²) in [4.78, 5) is 3.84. The predicted octanol–water partition coefficient (Wildman–Crippen LogP) is 1.58. The highest BCUT2D eigenvalue weighted by Crippen LogP contribution is 2.25. The Morgan fingerprint density at radius 3 is 2.61 bits per heavy atom. The molecule has 0 bridgehead atoms. The summed E-state index contributed by atoms with van der Waals surface area (Å²) in [6.07, 6.45) is 2.92. The van der Waals surface area contributed by atoms with Gasteiger partial charge in [-0.2, -0.15) is 13.5 Å².